The van der Waals surface area contributed by atoms with E-state index in [2.05, 4.69) is 74.9 Å². The average molecular weight is 293 g/mol. The summed E-state index contributed by atoms with van der Waals surface area (Å²) in [6.07, 6.45) is 0. The Morgan fingerprint density at radius 3 is 2.29 bits per heavy atom. The number of hydrogen-bond donors (Lipinski definition) is 1. The van der Waals surface area contributed by atoms with Crippen molar-refractivity contribution in [3.63, 3.8) is 0 Å². The molecule has 0 saturated carbocycles. The minimum atomic E-state index is 0.324. The molecule has 0 fully saturated rings. The van der Waals surface area contributed by atoms with Crippen LogP contribution >= 0.6 is 0 Å². The van der Waals surface area contributed by atoms with Crippen molar-refractivity contribution < 1.29 is 0 Å². The zero-order chi connectivity index (χ0) is 16.0. The zero-order valence-electron chi connectivity index (χ0n) is 14.6. The Kier molecular flexibility index (Phi) is 6.89. The van der Waals surface area contributed by atoms with Crippen LogP contribution in [0.1, 0.15) is 46.4 Å². The molecule has 0 bridgehead atoms. The Morgan fingerprint density at radius 2 is 1.81 bits per heavy atom. The summed E-state index contributed by atoms with van der Waals surface area (Å²) in [6.45, 7) is 13.6. The number of rotatable bonds is 8. The van der Waals surface area contributed by atoms with Gasteiger partial charge in [-0.3, -0.25) is 0 Å². The van der Waals surface area contributed by atoms with Gasteiger partial charge in [0.2, 0.25) is 0 Å². The molecule has 0 aliphatic rings. The van der Waals surface area contributed by atoms with Gasteiger partial charge < -0.3 is 15.1 Å². The molecule has 5 nitrogen and oxygen atoms in total. The Bertz CT molecular complexity index is 431. The molecule has 0 saturated heterocycles. The largest absolute Gasteiger partial charge is 0.370 e. The van der Waals surface area contributed by atoms with E-state index in [0.717, 1.165) is 37.1 Å². The summed E-state index contributed by atoms with van der Waals surface area (Å²) in [7, 11) is 4.21. The van der Waals surface area contributed by atoms with Crippen LogP contribution in [0.25, 0.3) is 0 Å². The van der Waals surface area contributed by atoms with Crippen LogP contribution in [0, 0.1) is 0 Å². The molecule has 0 aliphatic heterocycles. The number of aromatic nitrogens is 2. The second kappa shape index (κ2) is 8.17. The highest BCUT2D eigenvalue weighted by Crippen LogP contribution is 2.21. The topological polar surface area (TPSA) is 44.3 Å². The van der Waals surface area contributed by atoms with Crippen LogP contribution in [0.5, 0.6) is 0 Å². The van der Waals surface area contributed by atoms with Crippen molar-refractivity contribution in [1.82, 2.24) is 14.9 Å². The first-order valence-corrected chi connectivity index (χ1v) is 7.93. The summed E-state index contributed by atoms with van der Waals surface area (Å²) in [5.74, 6) is 3.16. The van der Waals surface area contributed by atoms with Crippen LogP contribution in [0.4, 0.5) is 11.6 Å². The van der Waals surface area contributed by atoms with Crippen molar-refractivity contribution >= 4 is 11.6 Å². The molecule has 1 aromatic rings. The molecule has 0 spiro atoms. The molecule has 120 valence electrons. The normalized spacial score (nSPS) is 12.8. The van der Waals surface area contributed by atoms with Gasteiger partial charge in [-0.15, -0.1) is 0 Å². The molecule has 1 N–H and O–H groups in total. The molecule has 1 aromatic heterocycles. The van der Waals surface area contributed by atoms with Crippen LogP contribution in [-0.4, -0.2) is 54.6 Å². The highest BCUT2D eigenvalue weighted by molar-refractivity contribution is 5.50. The molecule has 1 atom stereocenters. The van der Waals surface area contributed by atoms with Gasteiger partial charge in [-0.05, 0) is 34.9 Å². The molecular formula is C16H31N5. The van der Waals surface area contributed by atoms with E-state index in [0.29, 0.717) is 12.0 Å². The van der Waals surface area contributed by atoms with Crippen LogP contribution in [-0.2, 0) is 0 Å². The third kappa shape index (κ3) is 5.16. The second-order valence-corrected chi connectivity index (χ2v) is 6.05. The van der Waals surface area contributed by atoms with Gasteiger partial charge in [-0.2, -0.15) is 0 Å². The van der Waals surface area contributed by atoms with Gasteiger partial charge in [0.05, 0.1) is 0 Å². The van der Waals surface area contributed by atoms with E-state index in [1.165, 1.54) is 0 Å². The van der Waals surface area contributed by atoms with E-state index in [1.54, 1.807) is 0 Å². The minimum Gasteiger partial charge on any atom is -0.370 e. The molecule has 0 aromatic carbocycles. The number of anilines is 2. The van der Waals surface area contributed by atoms with Crippen LogP contribution in [0.3, 0.4) is 0 Å². The van der Waals surface area contributed by atoms with E-state index in [9.17, 15) is 0 Å². The fraction of sp³-hybridized carbons (Fsp3) is 0.750. The summed E-state index contributed by atoms with van der Waals surface area (Å²) < 4.78 is 0. The summed E-state index contributed by atoms with van der Waals surface area (Å²) in [6, 6.07) is 2.47. The van der Waals surface area contributed by atoms with Crippen molar-refractivity contribution in [2.45, 2.75) is 46.6 Å². The van der Waals surface area contributed by atoms with E-state index >= 15 is 0 Å². The molecule has 0 amide bonds. The minimum absolute atomic E-state index is 0.324. The third-order valence-corrected chi connectivity index (χ3v) is 3.40. The predicted molar refractivity (Wildman–Crippen MR) is 91.3 cm³/mol. The van der Waals surface area contributed by atoms with Gasteiger partial charge in [-0.25, -0.2) is 9.97 Å². The molecule has 0 aliphatic carbocycles. The first-order valence-electron chi connectivity index (χ1n) is 7.93. The van der Waals surface area contributed by atoms with E-state index in [1.807, 2.05) is 0 Å². The molecule has 1 rings (SSSR count). The maximum atomic E-state index is 4.77. The summed E-state index contributed by atoms with van der Waals surface area (Å²) >= 11 is 0. The SMILES string of the molecule is CCNc1cc(N(CC)C(C)CN(C)C)nc(C(C)C)n1. The zero-order valence-corrected chi connectivity index (χ0v) is 14.6. The predicted octanol–water partition coefficient (Wildman–Crippen LogP) is 2.81. The molecular weight excluding hydrogens is 262 g/mol. The van der Waals surface area contributed by atoms with Crippen LogP contribution in [0.2, 0.25) is 0 Å². The molecule has 0 radical (unpaired) electrons. The van der Waals surface area contributed by atoms with Crippen LogP contribution in [0.15, 0.2) is 6.07 Å². The lowest BCUT2D eigenvalue weighted by atomic mass is 10.2. The number of nitrogens with one attached hydrogen (secondary N) is 1. The van der Waals surface area contributed by atoms with Crippen molar-refractivity contribution in [1.29, 1.82) is 0 Å². The summed E-state index contributed by atoms with van der Waals surface area (Å²) in [5, 5.41) is 3.31. The van der Waals surface area contributed by atoms with Gasteiger partial charge >= 0.3 is 0 Å². The quantitative estimate of drug-likeness (QED) is 0.798. The van der Waals surface area contributed by atoms with Gasteiger partial charge in [0.15, 0.2) is 0 Å². The Labute approximate surface area is 129 Å². The average Bonchev–Trinajstić information content (AvgIpc) is 2.38. The van der Waals surface area contributed by atoms with Gasteiger partial charge in [-0.1, -0.05) is 13.8 Å². The maximum absolute atomic E-state index is 4.77. The molecule has 1 unspecified atom stereocenters. The van der Waals surface area contributed by atoms with Crippen molar-refractivity contribution in [3.8, 4) is 0 Å². The number of hydrogen-bond acceptors (Lipinski definition) is 5. The van der Waals surface area contributed by atoms with Crippen molar-refractivity contribution in [3.05, 3.63) is 11.9 Å². The highest BCUT2D eigenvalue weighted by Gasteiger charge is 2.17. The number of nitrogens with zero attached hydrogens (tertiary/aromatic N) is 4. The molecule has 1 heterocycles. The number of likely N-dealkylation sites (N-methyl/N-ethyl adjacent to an activating group) is 2. The lowest BCUT2D eigenvalue weighted by molar-refractivity contribution is 0.372. The Morgan fingerprint density at radius 1 is 1.14 bits per heavy atom. The lowest BCUT2D eigenvalue weighted by Gasteiger charge is -2.31. The standard InChI is InChI=1S/C16H31N5/c1-8-17-14-10-15(19-16(18-14)12(3)4)21(9-2)13(5)11-20(6)7/h10,12-13H,8-9,11H2,1-7H3,(H,17,18,19). The Hall–Kier alpha value is -1.36. The fourth-order valence-electron chi connectivity index (χ4n) is 2.46. The lowest BCUT2D eigenvalue weighted by Crippen LogP contribution is -2.40. The fourth-order valence-corrected chi connectivity index (χ4v) is 2.46. The Balaban J connectivity index is 3.12. The van der Waals surface area contributed by atoms with Gasteiger partial charge in [0.1, 0.15) is 17.5 Å². The van der Waals surface area contributed by atoms with Crippen molar-refractivity contribution in [2.24, 2.45) is 0 Å². The van der Waals surface area contributed by atoms with E-state index in [-0.39, 0.29) is 0 Å². The summed E-state index contributed by atoms with van der Waals surface area (Å²) in [5.41, 5.74) is 0. The summed E-state index contributed by atoms with van der Waals surface area (Å²) in [4.78, 5) is 13.9. The van der Waals surface area contributed by atoms with Crippen LogP contribution < -0.4 is 10.2 Å². The second-order valence-electron chi connectivity index (χ2n) is 6.05. The van der Waals surface area contributed by atoms with E-state index < -0.39 is 0 Å². The molecule has 5 heteroatoms. The van der Waals surface area contributed by atoms with Crippen molar-refractivity contribution in [2.75, 3.05) is 43.9 Å². The van der Waals surface area contributed by atoms with E-state index in [4.69, 9.17) is 4.98 Å². The highest BCUT2D eigenvalue weighted by atomic mass is 15.2. The first kappa shape index (κ1) is 17.7. The smallest absolute Gasteiger partial charge is 0.135 e. The first-order chi connectivity index (χ1) is 9.88. The monoisotopic (exact) mass is 293 g/mol. The third-order valence-electron chi connectivity index (χ3n) is 3.40. The van der Waals surface area contributed by atoms with Gasteiger partial charge in [0.25, 0.3) is 0 Å². The van der Waals surface area contributed by atoms with Gasteiger partial charge in [0, 0.05) is 37.7 Å². The molecule has 21 heavy (non-hydrogen) atoms. The maximum Gasteiger partial charge on any atom is 0.135 e.